The lowest BCUT2D eigenvalue weighted by Gasteiger charge is -2.10. The summed E-state index contributed by atoms with van der Waals surface area (Å²) in [5.74, 6) is 0.754. The normalized spacial score (nSPS) is 10.2. The highest BCUT2D eigenvalue weighted by Crippen LogP contribution is 2.23. The number of hydrogen-bond donors (Lipinski definition) is 0. The van der Waals surface area contributed by atoms with Gasteiger partial charge in [0.1, 0.15) is 5.75 Å². The number of ether oxygens (including phenoxy) is 1. The van der Waals surface area contributed by atoms with E-state index in [1.807, 2.05) is 18.2 Å². The lowest BCUT2D eigenvalue weighted by atomic mass is 10.2. The maximum atomic E-state index is 11.6. The van der Waals surface area contributed by atoms with Crippen molar-refractivity contribution in [1.29, 1.82) is 0 Å². The van der Waals surface area contributed by atoms with Crippen LogP contribution in [0.3, 0.4) is 0 Å². The van der Waals surface area contributed by atoms with Crippen molar-refractivity contribution in [1.82, 2.24) is 9.55 Å². The number of hydrogen-bond acceptors (Lipinski definition) is 3. The van der Waals surface area contributed by atoms with Gasteiger partial charge in [0.2, 0.25) is 0 Å². The monoisotopic (exact) mass is 294 g/mol. The Bertz CT molecular complexity index is 581. The second kappa shape index (κ2) is 5.14. The van der Waals surface area contributed by atoms with Crippen LogP contribution in [0, 0.1) is 0 Å². The van der Waals surface area contributed by atoms with Crippen LogP contribution < -0.4 is 10.3 Å². The van der Waals surface area contributed by atoms with Gasteiger partial charge in [0.25, 0.3) is 5.56 Å². The molecule has 0 aliphatic carbocycles. The van der Waals surface area contributed by atoms with Crippen LogP contribution in [0.25, 0.3) is 0 Å². The van der Waals surface area contributed by atoms with Crippen molar-refractivity contribution in [2.45, 2.75) is 6.54 Å². The molecule has 1 aromatic heterocycles. The zero-order valence-corrected chi connectivity index (χ0v) is 10.8. The lowest BCUT2D eigenvalue weighted by Crippen LogP contribution is -2.19. The van der Waals surface area contributed by atoms with E-state index in [0.29, 0.717) is 6.54 Å². The third-order valence-electron chi connectivity index (χ3n) is 2.38. The molecule has 0 saturated heterocycles. The molecule has 0 bridgehead atoms. The molecule has 0 N–H and O–H groups in total. The topological polar surface area (TPSA) is 44.1 Å². The molecule has 0 atom stereocenters. The Labute approximate surface area is 107 Å². The Hall–Kier alpha value is -1.62. The van der Waals surface area contributed by atoms with Gasteiger partial charge in [0, 0.05) is 22.3 Å². The third-order valence-corrected chi connectivity index (χ3v) is 2.87. The van der Waals surface area contributed by atoms with Crippen molar-refractivity contribution in [2.24, 2.45) is 0 Å². The van der Waals surface area contributed by atoms with E-state index in [4.69, 9.17) is 4.74 Å². The van der Waals surface area contributed by atoms with E-state index >= 15 is 0 Å². The molecule has 0 aliphatic rings. The summed E-state index contributed by atoms with van der Waals surface area (Å²) in [6.07, 6.45) is 3.00. The minimum atomic E-state index is -0.0815. The smallest absolute Gasteiger partial charge is 0.253 e. The predicted molar refractivity (Wildman–Crippen MR) is 68.3 cm³/mol. The first-order chi connectivity index (χ1) is 8.20. The summed E-state index contributed by atoms with van der Waals surface area (Å²) in [6.45, 7) is 0.440. The summed E-state index contributed by atoms with van der Waals surface area (Å²) < 4.78 is 7.74. The van der Waals surface area contributed by atoms with Crippen LogP contribution in [0.1, 0.15) is 5.56 Å². The molecule has 0 amide bonds. The van der Waals surface area contributed by atoms with Gasteiger partial charge in [-0.05, 0) is 18.2 Å². The van der Waals surface area contributed by atoms with Crippen LogP contribution in [-0.4, -0.2) is 16.7 Å². The summed E-state index contributed by atoms with van der Waals surface area (Å²) >= 11 is 3.40. The molecule has 0 fully saturated rings. The number of benzene rings is 1. The molecular weight excluding hydrogens is 284 g/mol. The first-order valence-electron chi connectivity index (χ1n) is 5.03. The molecule has 1 aromatic carbocycles. The fourth-order valence-electron chi connectivity index (χ4n) is 1.55. The first kappa shape index (κ1) is 11.9. The van der Waals surface area contributed by atoms with Gasteiger partial charge in [-0.15, -0.1) is 0 Å². The van der Waals surface area contributed by atoms with Crippen LogP contribution >= 0.6 is 15.9 Å². The quantitative estimate of drug-likeness (QED) is 0.870. The molecule has 5 heteroatoms. The molecule has 88 valence electrons. The number of rotatable bonds is 3. The number of halogens is 1. The van der Waals surface area contributed by atoms with Gasteiger partial charge >= 0.3 is 0 Å². The van der Waals surface area contributed by atoms with Crippen molar-refractivity contribution in [3.63, 3.8) is 0 Å². The molecule has 0 radical (unpaired) electrons. The van der Waals surface area contributed by atoms with Crippen molar-refractivity contribution < 1.29 is 4.74 Å². The van der Waals surface area contributed by atoms with Gasteiger partial charge in [0.05, 0.1) is 20.0 Å². The van der Waals surface area contributed by atoms with E-state index in [-0.39, 0.29) is 5.56 Å². The standard InChI is InChI=1S/C12H11BrN2O2/c1-17-11-3-2-10(13)6-9(11)7-15-8-14-5-4-12(15)16/h2-6,8H,7H2,1H3. The predicted octanol–water partition coefficient (Wildman–Crippen LogP) is 2.06. The molecular formula is C12H11BrN2O2. The molecule has 4 nitrogen and oxygen atoms in total. The van der Waals surface area contributed by atoms with E-state index < -0.39 is 0 Å². The van der Waals surface area contributed by atoms with Crippen LogP contribution in [0.5, 0.6) is 5.75 Å². The molecule has 0 aliphatic heterocycles. The van der Waals surface area contributed by atoms with Crippen LogP contribution in [0.4, 0.5) is 0 Å². The van der Waals surface area contributed by atoms with E-state index in [0.717, 1.165) is 15.8 Å². The number of methoxy groups -OCH3 is 1. The summed E-state index contributed by atoms with van der Waals surface area (Å²) in [5, 5.41) is 0. The van der Waals surface area contributed by atoms with E-state index in [1.165, 1.54) is 23.2 Å². The minimum Gasteiger partial charge on any atom is -0.496 e. The molecule has 0 saturated carbocycles. The van der Waals surface area contributed by atoms with Crippen molar-refractivity contribution in [3.8, 4) is 5.75 Å². The van der Waals surface area contributed by atoms with E-state index in [9.17, 15) is 4.79 Å². The average Bonchev–Trinajstić information content (AvgIpc) is 2.32. The Morgan fingerprint density at radius 3 is 2.94 bits per heavy atom. The van der Waals surface area contributed by atoms with Crippen LogP contribution in [0.15, 0.2) is 46.1 Å². The SMILES string of the molecule is COc1ccc(Br)cc1Cn1cnccc1=O. The number of nitrogens with zero attached hydrogens (tertiary/aromatic N) is 2. The largest absolute Gasteiger partial charge is 0.496 e. The Morgan fingerprint density at radius 2 is 2.24 bits per heavy atom. The van der Waals surface area contributed by atoms with Crippen molar-refractivity contribution in [2.75, 3.05) is 7.11 Å². The fourth-order valence-corrected chi connectivity index (χ4v) is 1.96. The Balaban J connectivity index is 2.39. The summed E-state index contributed by atoms with van der Waals surface area (Å²) in [7, 11) is 1.61. The second-order valence-corrected chi connectivity index (χ2v) is 4.42. The summed E-state index contributed by atoms with van der Waals surface area (Å²) in [4.78, 5) is 15.5. The van der Waals surface area contributed by atoms with E-state index in [1.54, 1.807) is 7.11 Å². The fraction of sp³-hybridized carbons (Fsp3) is 0.167. The minimum absolute atomic E-state index is 0.0815. The zero-order valence-electron chi connectivity index (χ0n) is 9.26. The van der Waals surface area contributed by atoms with Gasteiger partial charge in [-0.2, -0.15) is 0 Å². The highest BCUT2D eigenvalue weighted by molar-refractivity contribution is 9.10. The Kier molecular flexibility index (Phi) is 3.58. The van der Waals surface area contributed by atoms with E-state index in [2.05, 4.69) is 20.9 Å². The highest BCUT2D eigenvalue weighted by Gasteiger charge is 2.05. The maximum Gasteiger partial charge on any atom is 0.253 e. The van der Waals surface area contributed by atoms with Crippen LogP contribution in [0.2, 0.25) is 0 Å². The second-order valence-electron chi connectivity index (χ2n) is 3.50. The molecule has 1 heterocycles. The van der Waals surface area contributed by atoms with Crippen LogP contribution in [-0.2, 0) is 6.54 Å². The average molecular weight is 295 g/mol. The zero-order chi connectivity index (χ0) is 12.3. The van der Waals surface area contributed by atoms with Crippen molar-refractivity contribution >= 4 is 15.9 Å². The van der Waals surface area contributed by atoms with Gasteiger partial charge in [-0.3, -0.25) is 9.36 Å². The highest BCUT2D eigenvalue weighted by atomic mass is 79.9. The summed E-state index contributed by atoms with van der Waals surface area (Å²) in [6, 6.07) is 7.12. The molecule has 0 spiro atoms. The first-order valence-corrected chi connectivity index (χ1v) is 5.83. The molecule has 2 rings (SSSR count). The lowest BCUT2D eigenvalue weighted by molar-refractivity contribution is 0.408. The van der Waals surface area contributed by atoms with Crippen molar-refractivity contribution in [3.05, 3.63) is 57.2 Å². The van der Waals surface area contributed by atoms with Gasteiger partial charge in [-0.1, -0.05) is 15.9 Å². The molecule has 17 heavy (non-hydrogen) atoms. The Morgan fingerprint density at radius 1 is 1.41 bits per heavy atom. The van der Waals surface area contributed by atoms with Gasteiger partial charge in [0.15, 0.2) is 0 Å². The third kappa shape index (κ3) is 2.74. The number of aromatic nitrogens is 2. The van der Waals surface area contributed by atoms with Gasteiger partial charge in [-0.25, -0.2) is 4.98 Å². The maximum absolute atomic E-state index is 11.6. The molecule has 0 unspecified atom stereocenters. The molecule has 2 aromatic rings. The summed E-state index contributed by atoms with van der Waals surface area (Å²) in [5.41, 5.74) is 0.846. The van der Waals surface area contributed by atoms with Gasteiger partial charge < -0.3 is 4.74 Å².